The van der Waals surface area contributed by atoms with Crippen LogP contribution in [-0.4, -0.2) is 50.5 Å². The molecule has 0 atom stereocenters. The van der Waals surface area contributed by atoms with Crippen molar-refractivity contribution in [1.29, 1.82) is 0 Å². The van der Waals surface area contributed by atoms with Crippen molar-refractivity contribution in [3.63, 3.8) is 0 Å². The second kappa shape index (κ2) is 13.4. The van der Waals surface area contributed by atoms with Crippen LogP contribution in [0.4, 0.5) is 22.4 Å². The maximum atomic E-state index is 11.9. The van der Waals surface area contributed by atoms with Crippen LogP contribution in [0.3, 0.4) is 0 Å². The normalized spacial score (nSPS) is 12.3. The van der Waals surface area contributed by atoms with Crippen LogP contribution in [0, 0.1) is 0 Å². The molecule has 9 heteroatoms. The molecule has 0 saturated carbocycles. The van der Waals surface area contributed by atoms with Crippen LogP contribution in [0.5, 0.6) is 0 Å². The Labute approximate surface area is 121 Å². The summed E-state index contributed by atoms with van der Waals surface area (Å²) in [6, 6.07) is -3.20. The van der Waals surface area contributed by atoms with Crippen LogP contribution < -0.4 is 0 Å². The lowest BCUT2D eigenvalue weighted by atomic mass is 10.4. The minimum atomic E-state index is -2.14. The summed E-state index contributed by atoms with van der Waals surface area (Å²) in [6.45, 7) is 0.351. The molecule has 20 heavy (non-hydrogen) atoms. The molecule has 120 valence electrons. The average Bonchev–Trinajstić information content (AvgIpc) is 2.37. The number of hydrogen-bond donors (Lipinski definition) is 0. The predicted octanol–water partition coefficient (Wildman–Crippen LogP) is 2.32. The Bertz CT molecular complexity index is 224. The fraction of sp³-hybridized carbons (Fsp3) is 0.909. The highest BCUT2D eigenvalue weighted by Crippen LogP contribution is 2.03. The number of alkyl halides is 4. The van der Waals surface area contributed by atoms with Gasteiger partial charge in [0, 0.05) is 0 Å². The van der Waals surface area contributed by atoms with E-state index in [1.54, 1.807) is 0 Å². The van der Waals surface area contributed by atoms with E-state index in [2.05, 4.69) is 0 Å². The van der Waals surface area contributed by atoms with E-state index >= 15 is 0 Å². The maximum absolute atomic E-state index is 11.9. The van der Waals surface area contributed by atoms with Gasteiger partial charge in [0.2, 0.25) is 12.1 Å². The van der Waals surface area contributed by atoms with Gasteiger partial charge in [0.15, 0.2) is 0 Å². The maximum Gasteiger partial charge on any atom is 0.508 e. The first-order valence-corrected chi connectivity index (χ1v) is 10.5. The molecule has 0 amide bonds. The molecule has 0 aliphatic heterocycles. The van der Waals surface area contributed by atoms with Crippen molar-refractivity contribution >= 4 is 25.2 Å². The largest absolute Gasteiger partial charge is 0.508 e. The molecule has 0 rings (SSSR count). The predicted molar refractivity (Wildman–Crippen MR) is 74.5 cm³/mol. The van der Waals surface area contributed by atoms with Crippen molar-refractivity contribution in [2.75, 3.05) is 13.2 Å². The van der Waals surface area contributed by atoms with Crippen LogP contribution in [0.2, 0.25) is 12.1 Å². The van der Waals surface area contributed by atoms with Crippen molar-refractivity contribution in [2.45, 2.75) is 49.9 Å². The zero-order valence-corrected chi connectivity index (χ0v) is 14.3. The second-order valence-corrected chi connectivity index (χ2v) is 8.23. The molecule has 0 aromatic heterocycles. The van der Waals surface area contributed by atoms with E-state index in [0.717, 1.165) is 0 Å². The fourth-order valence-electron chi connectivity index (χ4n) is 1.51. The fourth-order valence-corrected chi connectivity index (χ4v) is 3.41. The van der Waals surface area contributed by atoms with Gasteiger partial charge in [-0.2, -0.15) is 0 Å². The molecule has 0 fully saturated rings. The number of carbonyl (C=O) groups excluding carboxylic acids is 1. The molecule has 0 saturated heterocycles. The van der Waals surface area contributed by atoms with Gasteiger partial charge in [0.25, 0.3) is 0 Å². The van der Waals surface area contributed by atoms with Crippen molar-refractivity contribution in [2.24, 2.45) is 0 Å². The quantitative estimate of drug-likeness (QED) is 0.238. The highest BCUT2D eigenvalue weighted by molar-refractivity contribution is 6.36. The van der Waals surface area contributed by atoms with Gasteiger partial charge in [-0.15, -0.1) is 0 Å². The highest BCUT2D eigenvalue weighted by Gasteiger charge is 2.06. The summed E-state index contributed by atoms with van der Waals surface area (Å²) in [6.07, 6.45) is 1.63. The van der Waals surface area contributed by atoms with Crippen LogP contribution in [-0.2, 0) is 9.47 Å². The summed E-state index contributed by atoms with van der Waals surface area (Å²) in [5, 5.41) is 0. The van der Waals surface area contributed by atoms with Crippen LogP contribution in [0.15, 0.2) is 0 Å². The van der Waals surface area contributed by atoms with E-state index in [9.17, 15) is 22.4 Å². The van der Waals surface area contributed by atoms with Crippen molar-refractivity contribution < 1.29 is 31.8 Å². The first-order chi connectivity index (χ1) is 9.52. The van der Waals surface area contributed by atoms with Gasteiger partial charge in [0.1, 0.15) is 19.0 Å². The molecule has 0 heterocycles. The SMILES string of the molecule is O=C(OCCCC[SiH2]C(F)F)OCCCC[SiH2]C(F)F. The Morgan fingerprint density at radius 3 is 1.55 bits per heavy atom. The molecular formula is C11H22F4O3Si2. The molecule has 3 nitrogen and oxygen atoms in total. The van der Waals surface area contributed by atoms with E-state index in [1.165, 1.54) is 0 Å². The zero-order chi connectivity index (χ0) is 15.2. The zero-order valence-electron chi connectivity index (χ0n) is 11.5. The van der Waals surface area contributed by atoms with E-state index in [1.807, 2.05) is 0 Å². The van der Waals surface area contributed by atoms with Gasteiger partial charge in [0.05, 0.1) is 13.2 Å². The van der Waals surface area contributed by atoms with Gasteiger partial charge < -0.3 is 9.47 Å². The number of halogens is 4. The van der Waals surface area contributed by atoms with Crippen LogP contribution in [0.25, 0.3) is 0 Å². The summed E-state index contributed by atoms with van der Waals surface area (Å²) >= 11 is 0. The van der Waals surface area contributed by atoms with Gasteiger partial charge in [-0.25, -0.2) is 22.4 Å². The lowest BCUT2D eigenvalue weighted by Gasteiger charge is -2.06. The number of carbonyl (C=O) groups is 1. The second-order valence-electron chi connectivity index (χ2n) is 4.43. The molecule has 0 aliphatic carbocycles. The Morgan fingerprint density at radius 2 is 1.20 bits per heavy atom. The summed E-state index contributed by atoms with van der Waals surface area (Å²) in [5.41, 5.74) is 0. The average molecular weight is 334 g/mol. The smallest absolute Gasteiger partial charge is 0.434 e. The molecule has 0 N–H and O–H groups in total. The molecule has 0 spiro atoms. The number of unbranched alkanes of at least 4 members (excludes halogenated alkanes) is 2. The summed E-state index contributed by atoms with van der Waals surface area (Å²) in [7, 11) is -2.57. The Hall–Kier alpha value is -0.576. The van der Waals surface area contributed by atoms with Crippen LogP contribution >= 0.6 is 0 Å². The standard InChI is InChI=1S/C11H22F4O3Si2/c12-9(13)19-7-3-1-5-17-11(16)18-6-2-4-8-20-10(14)15/h9-10H,1-8,19-20H2. The molecule has 0 bridgehead atoms. The number of rotatable bonds is 12. The molecular weight excluding hydrogens is 312 g/mol. The van der Waals surface area contributed by atoms with Gasteiger partial charge in [-0.1, -0.05) is 24.9 Å². The van der Waals surface area contributed by atoms with Crippen molar-refractivity contribution in [1.82, 2.24) is 0 Å². The summed E-state index contributed by atoms with van der Waals surface area (Å²) < 4.78 is 56.9. The van der Waals surface area contributed by atoms with E-state index in [4.69, 9.17) is 9.47 Å². The summed E-state index contributed by atoms with van der Waals surface area (Å²) in [4.78, 5) is 11.1. The van der Waals surface area contributed by atoms with Crippen molar-refractivity contribution in [3.8, 4) is 0 Å². The molecule has 0 aliphatic rings. The first-order valence-electron chi connectivity index (χ1n) is 6.88. The van der Waals surface area contributed by atoms with E-state index in [-0.39, 0.29) is 13.2 Å². The third kappa shape index (κ3) is 15.5. The number of ether oxygens (including phenoxy) is 2. The Morgan fingerprint density at radius 1 is 0.800 bits per heavy atom. The molecule has 0 unspecified atom stereocenters. The lowest BCUT2D eigenvalue weighted by Crippen LogP contribution is -2.10. The monoisotopic (exact) mass is 334 g/mol. The minimum absolute atomic E-state index is 0.175. The first kappa shape index (κ1) is 19.4. The van der Waals surface area contributed by atoms with Gasteiger partial charge in [-0.05, 0) is 12.8 Å². The Kier molecular flexibility index (Phi) is 13.0. The third-order valence-electron chi connectivity index (χ3n) is 2.57. The summed E-state index contributed by atoms with van der Waals surface area (Å²) in [5.74, 6) is 0. The van der Waals surface area contributed by atoms with Gasteiger partial charge >= 0.3 is 6.16 Å². The highest BCUT2D eigenvalue weighted by atomic mass is 28.2. The van der Waals surface area contributed by atoms with Crippen molar-refractivity contribution in [3.05, 3.63) is 0 Å². The minimum Gasteiger partial charge on any atom is -0.434 e. The topological polar surface area (TPSA) is 35.5 Å². The lowest BCUT2D eigenvalue weighted by molar-refractivity contribution is 0.0535. The van der Waals surface area contributed by atoms with E-state index in [0.29, 0.717) is 37.8 Å². The molecule has 0 radical (unpaired) electrons. The Balaban J connectivity index is 3.21. The molecule has 0 aromatic carbocycles. The number of hydrogen-bond acceptors (Lipinski definition) is 3. The van der Waals surface area contributed by atoms with Gasteiger partial charge in [-0.3, -0.25) is 0 Å². The van der Waals surface area contributed by atoms with Crippen LogP contribution in [0.1, 0.15) is 25.7 Å². The molecule has 0 aromatic rings. The van der Waals surface area contributed by atoms with E-state index < -0.39 is 37.3 Å². The third-order valence-corrected chi connectivity index (χ3v) is 5.26.